The topological polar surface area (TPSA) is 77.5 Å². The molecule has 1 heterocycles. The number of hydrogen-bond acceptors (Lipinski definition) is 4. The average molecular weight is 369 g/mol. The molecule has 25 heavy (non-hydrogen) atoms. The first kappa shape index (κ1) is 21.5. The van der Waals surface area contributed by atoms with Gasteiger partial charge in [-0.1, -0.05) is 33.3 Å². The fourth-order valence-corrected chi connectivity index (χ4v) is 2.85. The van der Waals surface area contributed by atoms with Gasteiger partial charge in [-0.25, -0.2) is 0 Å². The summed E-state index contributed by atoms with van der Waals surface area (Å²) < 4.78 is 7.78. The number of ether oxygens (including phenoxy) is 1. The summed E-state index contributed by atoms with van der Waals surface area (Å²) in [5, 5.41) is 10.8. The third kappa shape index (κ3) is 4.75. The number of hydrogen-bond donors (Lipinski definition) is 2. The predicted molar refractivity (Wildman–Crippen MR) is 105 cm³/mol. The van der Waals surface area contributed by atoms with Crippen LogP contribution in [0.4, 0.5) is 0 Å². The highest BCUT2D eigenvalue weighted by atomic mass is 35.5. The van der Waals surface area contributed by atoms with Crippen molar-refractivity contribution in [3.05, 3.63) is 39.8 Å². The molecule has 0 bridgehead atoms. The van der Waals surface area contributed by atoms with Gasteiger partial charge in [0.15, 0.2) is 0 Å². The van der Waals surface area contributed by atoms with Gasteiger partial charge in [0.2, 0.25) is 0 Å². The summed E-state index contributed by atoms with van der Waals surface area (Å²) in [7, 11) is 0. The maximum atomic E-state index is 12.9. The van der Waals surface area contributed by atoms with Crippen LogP contribution in [0.15, 0.2) is 23.0 Å². The summed E-state index contributed by atoms with van der Waals surface area (Å²) >= 11 is 0. The summed E-state index contributed by atoms with van der Waals surface area (Å²) in [4.78, 5) is 12.9. The first-order valence-electron chi connectivity index (χ1n) is 8.65. The lowest BCUT2D eigenvalue weighted by molar-refractivity contribution is 0.282. The van der Waals surface area contributed by atoms with Gasteiger partial charge in [-0.2, -0.15) is 0 Å². The van der Waals surface area contributed by atoms with Crippen LogP contribution in [-0.2, 0) is 19.7 Å². The third-order valence-electron chi connectivity index (χ3n) is 4.06. The Hall–Kier alpha value is -1.56. The Morgan fingerprint density at radius 3 is 2.56 bits per heavy atom. The van der Waals surface area contributed by atoms with Gasteiger partial charge in [0.1, 0.15) is 5.75 Å². The summed E-state index contributed by atoms with van der Waals surface area (Å²) in [6, 6.07) is 5.38. The monoisotopic (exact) mass is 368 g/mol. The number of nitrogens with two attached hydrogens (primary N) is 1. The zero-order chi connectivity index (χ0) is 17.7. The van der Waals surface area contributed by atoms with Crippen LogP contribution in [0.2, 0.25) is 0 Å². The van der Waals surface area contributed by atoms with Gasteiger partial charge >= 0.3 is 0 Å². The lowest BCUT2D eigenvalue weighted by Crippen LogP contribution is -2.28. The molecule has 0 radical (unpaired) electrons. The molecular formula is C19H29ClN2O3. The van der Waals surface area contributed by atoms with Crippen LogP contribution in [0.25, 0.3) is 10.8 Å². The number of nitrogens with zero attached hydrogens (tertiary/aromatic N) is 1. The van der Waals surface area contributed by atoms with Crippen LogP contribution < -0.4 is 16.0 Å². The van der Waals surface area contributed by atoms with Crippen LogP contribution in [0.3, 0.4) is 0 Å². The molecule has 0 fully saturated rings. The number of rotatable bonds is 8. The van der Waals surface area contributed by atoms with E-state index in [1.54, 1.807) is 16.7 Å². The minimum Gasteiger partial charge on any atom is -0.491 e. The second-order valence-electron chi connectivity index (χ2n) is 6.53. The summed E-state index contributed by atoms with van der Waals surface area (Å²) in [5.74, 6) is 1.00. The largest absolute Gasteiger partial charge is 0.491 e. The van der Waals surface area contributed by atoms with Gasteiger partial charge in [-0.05, 0) is 30.0 Å². The molecule has 0 saturated heterocycles. The Balaban J connectivity index is 0.00000312. The van der Waals surface area contributed by atoms with Crippen LogP contribution in [0.5, 0.6) is 5.75 Å². The summed E-state index contributed by atoms with van der Waals surface area (Å²) in [5.41, 5.74) is 7.41. The third-order valence-corrected chi connectivity index (χ3v) is 4.06. The van der Waals surface area contributed by atoms with Crippen molar-refractivity contribution in [3.8, 4) is 5.75 Å². The summed E-state index contributed by atoms with van der Waals surface area (Å²) in [6.45, 7) is 7.61. The Kier molecular flexibility index (Phi) is 8.42. The molecule has 0 aliphatic rings. The minimum absolute atomic E-state index is 0. The second kappa shape index (κ2) is 9.80. The van der Waals surface area contributed by atoms with Crippen molar-refractivity contribution in [2.45, 2.75) is 53.3 Å². The molecule has 0 saturated carbocycles. The highest BCUT2D eigenvalue weighted by Gasteiger charge is 2.18. The van der Waals surface area contributed by atoms with E-state index >= 15 is 0 Å². The van der Waals surface area contributed by atoms with Crippen molar-refractivity contribution in [2.24, 2.45) is 11.7 Å². The molecule has 0 atom stereocenters. The fraction of sp³-hybridized carbons (Fsp3) is 0.526. The zero-order valence-electron chi connectivity index (χ0n) is 15.2. The number of fused-ring (bicyclic) bond motifs is 1. The van der Waals surface area contributed by atoms with Crippen LogP contribution >= 0.6 is 12.4 Å². The Morgan fingerprint density at radius 1 is 1.28 bits per heavy atom. The minimum atomic E-state index is -0.0720. The highest BCUT2D eigenvalue weighted by molar-refractivity contribution is 5.89. The van der Waals surface area contributed by atoms with Crippen molar-refractivity contribution in [1.82, 2.24) is 4.57 Å². The second-order valence-corrected chi connectivity index (χ2v) is 6.53. The number of unbranched alkanes of at least 4 members (excludes halogenated alkanes) is 1. The van der Waals surface area contributed by atoms with E-state index in [9.17, 15) is 9.90 Å². The molecule has 140 valence electrons. The first-order valence-corrected chi connectivity index (χ1v) is 8.65. The van der Waals surface area contributed by atoms with E-state index < -0.39 is 0 Å². The SMILES string of the molecule is CCCCOc1c(CN)n(CC(C)C)c(=O)c2ccc(CO)cc12.Cl. The van der Waals surface area contributed by atoms with Gasteiger partial charge in [-0.3, -0.25) is 4.79 Å². The van der Waals surface area contributed by atoms with Crippen molar-refractivity contribution in [1.29, 1.82) is 0 Å². The molecule has 0 amide bonds. The molecule has 5 nitrogen and oxygen atoms in total. The number of pyridine rings is 1. The van der Waals surface area contributed by atoms with Gasteiger partial charge < -0.3 is 20.1 Å². The Labute approximate surface area is 155 Å². The molecule has 1 aromatic carbocycles. The van der Waals surface area contributed by atoms with Crippen molar-refractivity contribution in [2.75, 3.05) is 6.61 Å². The van der Waals surface area contributed by atoms with Crippen LogP contribution in [-0.4, -0.2) is 16.3 Å². The predicted octanol–water partition coefficient (Wildman–Crippen LogP) is 3.21. The quantitative estimate of drug-likeness (QED) is 0.701. The number of benzene rings is 1. The molecule has 2 rings (SSSR count). The summed E-state index contributed by atoms with van der Waals surface area (Å²) in [6.07, 6.45) is 1.97. The Bertz CT molecular complexity index is 756. The van der Waals surface area contributed by atoms with Gasteiger partial charge in [0.25, 0.3) is 5.56 Å². The molecule has 0 aliphatic carbocycles. The average Bonchev–Trinajstić information content (AvgIpc) is 2.58. The van der Waals surface area contributed by atoms with Crippen molar-refractivity contribution >= 4 is 23.2 Å². The molecule has 3 N–H and O–H groups in total. The maximum absolute atomic E-state index is 12.9. The number of aliphatic hydroxyl groups is 1. The van der Waals surface area contributed by atoms with Gasteiger partial charge in [0, 0.05) is 18.5 Å². The van der Waals surface area contributed by atoms with E-state index in [0.717, 1.165) is 29.5 Å². The maximum Gasteiger partial charge on any atom is 0.258 e. The zero-order valence-corrected chi connectivity index (χ0v) is 16.1. The molecule has 2 aromatic rings. The van der Waals surface area contributed by atoms with Gasteiger partial charge in [0.05, 0.1) is 24.3 Å². The van der Waals surface area contributed by atoms with Crippen molar-refractivity contribution in [3.63, 3.8) is 0 Å². The van der Waals surface area contributed by atoms with Crippen LogP contribution in [0.1, 0.15) is 44.9 Å². The first-order chi connectivity index (χ1) is 11.5. The van der Waals surface area contributed by atoms with E-state index in [-0.39, 0.29) is 31.1 Å². The molecule has 1 aromatic heterocycles. The van der Waals surface area contributed by atoms with E-state index in [0.29, 0.717) is 30.2 Å². The smallest absolute Gasteiger partial charge is 0.258 e. The van der Waals surface area contributed by atoms with Crippen LogP contribution in [0, 0.1) is 5.92 Å². The molecule has 6 heteroatoms. The number of halogens is 1. The number of aromatic nitrogens is 1. The van der Waals surface area contributed by atoms with Crippen molar-refractivity contribution < 1.29 is 9.84 Å². The van der Waals surface area contributed by atoms with E-state index in [1.165, 1.54) is 0 Å². The highest BCUT2D eigenvalue weighted by Crippen LogP contribution is 2.29. The lowest BCUT2D eigenvalue weighted by Gasteiger charge is -2.20. The Morgan fingerprint density at radius 2 is 2.00 bits per heavy atom. The van der Waals surface area contributed by atoms with E-state index in [4.69, 9.17) is 10.5 Å². The lowest BCUT2D eigenvalue weighted by atomic mass is 10.1. The van der Waals surface area contributed by atoms with Gasteiger partial charge in [-0.15, -0.1) is 12.4 Å². The molecule has 0 spiro atoms. The molecule has 0 unspecified atom stereocenters. The molecular weight excluding hydrogens is 340 g/mol. The molecule has 0 aliphatic heterocycles. The standard InChI is InChI=1S/C19H28N2O3.ClH/c1-4-5-8-24-18-16-9-14(12-22)6-7-15(16)19(23)21(11-13(2)3)17(18)10-20;/h6-7,9,13,22H,4-5,8,10-12,20H2,1-3H3;1H. The normalized spacial score (nSPS) is 11.0. The van der Waals surface area contributed by atoms with E-state index in [2.05, 4.69) is 20.8 Å². The number of aliphatic hydroxyl groups excluding tert-OH is 1. The van der Waals surface area contributed by atoms with E-state index in [1.807, 2.05) is 6.07 Å². The fourth-order valence-electron chi connectivity index (χ4n) is 2.85.